The summed E-state index contributed by atoms with van der Waals surface area (Å²) in [6.45, 7) is 1.48. The topological polar surface area (TPSA) is 46.3 Å². The average molecular weight is 402 g/mol. The molecule has 0 aromatic heterocycles. The Morgan fingerprint density at radius 2 is 1.96 bits per heavy atom. The molecule has 2 N–H and O–H groups in total. The van der Waals surface area contributed by atoms with Gasteiger partial charge in [-0.3, -0.25) is 4.79 Å². The van der Waals surface area contributed by atoms with Crippen LogP contribution in [0.3, 0.4) is 0 Å². The fraction of sp³-hybridized carbons (Fsp3) is 0.611. The zero-order chi connectivity index (χ0) is 15.7. The van der Waals surface area contributed by atoms with Crippen molar-refractivity contribution in [3.63, 3.8) is 0 Å². The summed E-state index contributed by atoms with van der Waals surface area (Å²) in [6, 6.07) is 8.57. The fourth-order valence-corrected chi connectivity index (χ4v) is 4.22. The molecule has 1 amide bonds. The van der Waals surface area contributed by atoms with Gasteiger partial charge < -0.3 is 10.6 Å². The molecule has 3 rings (SSSR count). The normalized spacial score (nSPS) is 24.8. The molecule has 0 saturated heterocycles. The molecule has 23 heavy (non-hydrogen) atoms. The zero-order valence-electron chi connectivity index (χ0n) is 13.6. The summed E-state index contributed by atoms with van der Waals surface area (Å²) in [7, 11) is 1.97. The van der Waals surface area contributed by atoms with E-state index in [1.165, 1.54) is 18.4 Å². The summed E-state index contributed by atoms with van der Waals surface area (Å²) < 4.78 is 1.10. The lowest BCUT2D eigenvalue weighted by molar-refractivity contribution is -0.135. The van der Waals surface area contributed by atoms with Crippen molar-refractivity contribution in [2.45, 2.75) is 37.5 Å². The Kier molecular flexibility index (Phi) is 6.15. The number of rotatable bonds is 5. The molecule has 1 aromatic rings. The van der Waals surface area contributed by atoms with E-state index in [2.05, 4.69) is 40.2 Å². The predicted molar refractivity (Wildman–Crippen MR) is 99.8 cm³/mol. The van der Waals surface area contributed by atoms with Crippen LogP contribution < -0.4 is 5.73 Å². The van der Waals surface area contributed by atoms with E-state index < -0.39 is 0 Å². The van der Waals surface area contributed by atoms with E-state index in [9.17, 15) is 4.79 Å². The molecule has 2 saturated carbocycles. The Labute approximate surface area is 153 Å². The molecule has 0 aliphatic heterocycles. The number of carbonyl (C=O) groups excluding carboxylic acids is 1. The smallest absolute Gasteiger partial charge is 0.225 e. The predicted octanol–water partition coefficient (Wildman–Crippen LogP) is 3.74. The van der Waals surface area contributed by atoms with Crippen LogP contribution in [0.15, 0.2) is 28.7 Å². The molecule has 0 heterocycles. The molecule has 5 heteroatoms. The first kappa shape index (κ1) is 18.8. The van der Waals surface area contributed by atoms with Gasteiger partial charge in [0.1, 0.15) is 0 Å². The van der Waals surface area contributed by atoms with E-state index in [0.717, 1.165) is 30.3 Å². The lowest BCUT2D eigenvalue weighted by Gasteiger charge is -2.28. The lowest BCUT2D eigenvalue weighted by atomic mass is 9.92. The highest BCUT2D eigenvalue weighted by atomic mass is 79.9. The van der Waals surface area contributed by atoms with Gasteiger partial charge in [-0.25, -0.2) is 0 Å². The molecule has 2 atom stereocenters. The molecule has 0 bridgehead atoms. The number of likely N-dealkylation sites (N-methyl/N-ethyl adjacent to an activating group) is 1. The first-order valence-corrected chi connectivity index (χ1v) is 9.06. The van der Waals surface area contributed by atoms with Gasteiger partial charge in [-0.05, 0) is 55.8 Å². The van der Waals surface area contributed by atoms with Crippen LogP contribution in [0.25, 0.3) is 0 Å². The Hall–Kier alpha value is -0.580. The molecule has 1 aromatic carbocycles. The summed E-state index contributed by atoms with van der Waals surface area (Å²) in [5.74, 6) is 0.838. The zero-order valence-corrected chi connectivity index (χ0v) is 16.0. The molecule has 0 spiro atoms. The minimum absolute atomic E-state index is 0. The van der Waals surface area contributed by atoms with E-state index in [0.29, 0.717) is 18.4 Å². The van der Waals surface area contributed by atoms with Crippen LogP contribution in [0, 0.1) is 11.8 Å². The van der Waals surface area contributed by atoms with Crippen LogP contribution in [0.2, 0.25) is 0 Å². The molecule has 2 aliphatic rings. The monoisotopic (exact) mass is 400 g/mol. The van der Waals surface area contributed by atoms with Gasteiger partial charge in [0.15, 0.2) is 0 Å². The maximum absolute atomic E-state index is 12.8. The van der Waals surface area contributed by atoms with E-state index in [1.54, 1.807) is 0 Å². The Balaban J connectivity index is 0.00000192. The van der Waals surface area contributed by atoms with Crippen molar-refractivity contribution >= 4 is 34.2 Å². The number of hydrogen-bond donors (Lipinski definition) is 1. The van der Waals surface area contributed by atoms with Crippen molar-refractivity contribution in [1.82, 2.24) is 4.90 Å². The van der Waals surface area contributed by atoms with E-state index in [-0.39, 0.29) is 23.7 Å². The standard InChI is InChI=1S/C18H25BrN2O.ClH/c1-21(17(22)16-4-2-3-13(16)11-20)12-18(9-10-18)14-5-7-15(19)8-6-14;/h5-8,13,16H,2-4,9-12,20H2,1H3;1H/t13-,16-;/m1./s1. The largest absolute Gasteiger partial charge is 0.345 e. The molecule has 128 valence electrons. The van der Waals surface area contributed by atoms with Gasteiger partial charge >= 0.3 is 0 Å². The minimum atomic E-state index is 0. The highest BCUT2D eigenvalue weighted by Gasteiger charge is 2.46. The van der Waals surface area contributed by atoms with Crippen LogP contribution in [0.1, 0.15) is 37.7 Å². The second-order valence-corrected chi connectivity index (χ2v) is 7.93. The third kappa shape index (κ3) is 3.92. The van der Waals surface area contributed by atoms with Gasteiger partial charge in [0.05, 0.1) is 0 Å². The highest BCUT2D eigenvalue weighted by molar-refractivity contribution is 9.10. The van der Waals surface area contributed by atoms with Crippen molar-refractivity contribution in [3.8, 4) is 0 Å². The van der Waals surface area contributed by atoms with Crippen LogP contribution >= 0.6 is 28.3 Å². The quantitative estimate of drug-likeness (QED) is 0.817. The molecule has 0 unspecified atom stereocenters. The fourth-order valence-electron chi connectivity index (χ4n) is 3.95. The van der Waals surface area contributed by atoms with Crippen molar-refractivity contribution in [1.29, 1.82) is 0 Å². The first-order chi connectivity index (χ1) is 10.6. The second-order valence-electron chi connectivity index (χ2n) is 7.01. The van der Waals surface area contributed by atoms with Gasteiger partial charge in [0.2, 0.25) is 5.91 Å². The summed E-state index contributed by atoms with van der Waals surface area (Å²) in [4.78, 5) is 14.7. The summed E-state index contributed by atoms with van der Waals surface area (Å²) in [5.41, 5.74) is 7.37. The number of carbonyl (C=O) groups is 1. The van der Waals surface area contributed by atoms with Crippen LogP contribution in [-0.4, -0.2) is 30.9 Å². The maximum Gasteiger partial charge on any atom is 0.225 e. The second kappa shape index (κ2) is 7.54. The number of nitrogens with zero attached hydrogens (tertiary/aromatic N) is 1. The Morgan fingerprint density at radius 1 is 1.30 bits per heavy atom. The van der Waals surface area contributed by atoms with Crippen molar-refractivity contribution < 1.29 is 4.79 Å². The van der Waals surface area contributed by atoms with E-state index in [1.807, 2.05) is 11.9 Å². The number of hydrogen-bond acceptors (Lipinski definition) is 2. The molecule has 0 radical (unpaired) electrons. The molecule has 2 aliphatic carbocycles. The number of benzene rings is 1. The first-order valence-electron chi connectivity index (χ1n) is 8.27. The number of amides is 1. The highest BCUT2D eigenvalue weighted by Crippen LogP contribution is 2.49. The molecular weight excluding hydrogens is 376 g/mol. The van der Waals surface area contributed by atoms with Crippen molar-refractivity contribution in [3.05, 3.63) is 34.3 Å². The van der Waals surface area contributed by atoms with Gasteiger partial charge in [0, 0.05) is 29.4 Å². The summed E-state index contributed by atoms with van der Waals surface area (Å²) in [5, 5.41) is 0. The third-order valence-corrected chi connectivity index (χ3v) is 6.03. The molecular formula is C18H26BrClN2O. The van der Waals surface area contributed by atoms with E-state index in [4.69, 9.17) is 5.73 Å². The summed E-state index contributed by atoms with van der Waals surface area (Å²) in [6.07, 6.45) is 5.62. The summed E-state index contributed by atoms with van der Waals surface area (Å²) >= 11 is 3.49. The molecule has 2 fully saturated rings. The maximum atomic E-state index is 12.8. The van der Waals surface area contributed by atoms with E-state index >= 15 is 0 Å². The average Bonchev–Trinajstić information content (AvgIpc) is 3.14. The number of halogens is 2. The van der Waals surface area contributed by atoms with Gasteiger partial charge in [-0.1, -0.05) is 34.5 Å². The van der Waals surface area contributed by atoms with Crippen LogP contribution in [-0.2, 0) is 10.2 Å². The Morgan fingerprint density at radius 3 is 2.52 bits per heavy atom. The van der Waals surface area contributed by atoms with Crippen LogP contribution in [0.4, 0.5) is 0 Å². The lowest BCUT2D eigenvalue weighted by Crippen LogP contribution is -2.40. The van der Waals surface area contributed by atoms with Crippen LogP contribution in [0.5, 0.6) is 0 Å². The Bertz CT molecular complexity index is 544. The van der Waals surface area contributed by atoms with Gasteiger partial charge in [-0.2, -0.15) is 0 Å². The van der Waals surface area contributed by atoms with Crippen molar-refractivity contribution in [2.24, 2.45) is 17.6 Å². The minimum Gasteiger partial charge on any atom is -0.345 e. The van der Waals surface area contributed by atoms with Gasteiger partial charge in [0.25, 0.3) is 0 Å². The SMILES string of the molecule is CN(CC1(c2ccc(Br)cc2)CC1)C(=O)[C@@H]1CCC[C@@H]1CN.Cl. The molecule has 3 nitrogen and oxygen atoms in total. The van der Waals surface area contributed by atoms with Gasteiger partial charge in [-0.15, -0.1) is 12.4 Å². The number of nitrogens with two attached hydrogens (primary N) is 1. The van der Waals surface area contributed by atoms with Crippen molar-refractivity contribution in [2.75, 3.05) is 20.1 Å². The third-order valence-electron chi connectivity index (χ3n) is 5.51.